The van der Waals surface area contributed by atoms with Gasteiger partial charge in [0.1, 0.15) is 5.69 Å². The summed E-state index contributed by atoms with van der Waals surface area (Å²) in [5, 5.41) is 0. The van der Waals surface area contributed by atoms with Crippen molar-refractivity contribution in [2.24, 2.45) is 0 Å². The molecule has 0 aliphatic heterocycles. The Morgan fingerprint density at radius 2 is 2.00 bits per heavy atom. The van der Waals surface area contributed by atoms with Crippen LogP contribution in [0, 0.1) is 0 Å². The molecule has 0 spiro atoms. The van der Waals surface area contributed by atoms with Crippen molar-refractivity contribution in [3.8, 4) is 0 Å². The van der Waals surface area contributed by atoms with Gasteiger partial charge in [0.2, 0.25) is 0 Å². The molecule has 0 unspecified atom stereocenters. The normalized spacial score (nSPS) is 10.2. The van der Waals surface area contributed by atoms with Crippen LogP contribution in [0.1, 0.15) is 11.3 Å². The molecule has 1 aromatic carbocycles. The Balaban J connectivity index is 2.17. The van der Waals surface area contributed by atoms with Gasteiger partial charge >= 0.3 is 0 Å². The zero-order valence-corrected chi connectivity index (χ0v) is 9.27. The van der Waals surface area contributed by atoms with E-state index in [0.717, 1.165) is 12.2 Å². The molecule has 1 aromatic heterocycles. The number of thiol groups is 1. The van der Waals surface area contributed by atoms with E-state index < -0.39 is 0 Å². The lowest BCUT2D eigenvalue weighted by atomic mass is 10.2. The second-order valence-corrected chi connectivity index (χ2v) is 3.68. The first-order valence-electron chi connectivity index (χ1n) is 4.87. The summed E-state index contributed by atoms with van der Waals surface area (Å²) < 4.78 is 2.12. The number of rotatable bonds is 3. The molecule has 2 aromatic rings. The molecule has 0 radical (unpaired) electrons. The lowest BCUT2D eigenvalue weighted by Crippen LogP contribution is -2.34. The third-order valence-electron chi connectivity index (χ3n) is 2.18. The Labute approximate surface area is 95.0 Å². The van der Waals surface area contributed by atoms with Crippen molar-refractivity contribution in [1.82, 2.24) is 4.98 Å². The number of hydrogen-bond donors (Lipinski definition) is 1. The minimum absolute atomic E-state index is 0.676. The van der Waals surface area contributed by atoms with Gasteiger partial charge in [0, 0.05) is 11.3 Å². The Hall–Kier alpha value is -1.35. The summed E-state index contributed by atoms with van der Waals surface area (Å²) in [6.45, 7) is 0.879. The van der Waals surface area contributed by atoms with Gasteiger partial charge in [-0.1, -0.05) is 30.3 Å². The molecule has 0 aliphatic carbocycles. The summed E-state index contributed by atoms with van der Waals surface area (Å²) in [7, 11) is 0. The molecule has 0 saturated carbocycles. The predicted octanol–water partition coefficient (Wildman–Crippen LogP) is 1.85. The van der Waals surface area contributed by atoms with Crippen LogP contribution < -0.4 is 4.57 Å². The van der Waals surface area contributed by atoms with E-state index in [9.17, 15) is 0 Å². The highest BCUT2D eigenvalue weighted by molar-refractivity contribution is 7.79. The zero-order valence-electron chi connectivity index (χ0n) is 8.37. The van der Waals surface area contributed by atoms with Gasteiger partial charge in [0.05, 0.1) is 6.20 Å². The Kier molecular flexibility index (Phi) is 3.35. The van der Waals surface area contributed by atoms with Crippen LogP contribution in [0.3, 0.4) is 0 Å². The maximum Gasteiger partial charge on any atom is 0.191 e. The van der Waals surface area contributed by atoms with Crippen molar-refractivity contribution in [2.45, 2.75) is 12.3 Å². The Morgan fingerprint density at radius 3 is 2.73 bits per heavy atom. The molecule has 0 bridgehead atoms. The summed E-state index contributed by atoms with van der Waals surface area (Å²) in [6, 6.07) is 10.4. The van der Waals surface area contributed by atoms with E-state index in [1.54, 1.807) is 0 Å². The highest BCUT2D eigenvalue weighted by Gasteiger charge is 2.03. The minimum atomic E-state index is 0.676. The fourth-order valence-corrected chi connectivity index (χ4v) is 1.62. The Bertz CT molecular complexity index is 429. The maximum absolute atomic E-state index is 4.21. The van der Waals surface area contributed by atoms with Crippen LogP contribution in [-0.4, -0.2) is 4.98 Å². The van der Waals surface area contributed by atoms with E-state index in [0.29, 0.717) is 5.75 Å². The highest BCUT2D eigenvalue weighted by Crippen LogP contribution is 1.98. The van der Waals surface area contributed by atoms with Gasteiger partial charge in [-0.15, -0.1) is 0 Å². The van der Waals surface area contributed by atoms with Crippen molar-refractivity contribution in [3.05, 3.63) is 60.2 Å². The Morgan fingerprint density at radius 1 is 1.20 bits per heavy atom. The second kappa shape index (κ2) is 4.94. The SMILES string of the molecule is SCc1c[n+](Cc2ccccc2)ccn1. The van der Waals surface area contributed by atoms with E-state index in [-0.39, 0.29) is 0 Å². The van der Waals surface area contributed by atoms with Crippen LogP contribution in [0.4, 0.5) is 0 Å². The van der Waals surface area contributed by atoms with Crippen LogP contribution in [-0.2, 0) is 12.3 Å². The largest absolute Gasteiger partial charge is 0.248 e. The van der Waals surface area contributed by atoms with Gasteiger partial charge in [-0.2, -0.15) is 17.2 Å². The van der Waals surface area contributed by atoms with Crippen molar-refractivity contribution >= 4 is 12.6 Å². The summed E-state index contributed by atoms with van der Waals surface area (Å²) in [5.74, 6) is 0.676. The molecule has 1 heterocycles. The lowest BCUT2D eigenvalue weighted by Gasteiger charge is -1.98. The monoisotopic (exact) mass is 217 g/mol. The van der Waals surface area contributed by atoms with Gasteiger partial charge in [-0.25, -0.2) is 4.98 Å². The van der Waals surface area contributed by atoms with Gasteiger partial charge in [0.15, 0.2) is 18.9 Å². The molecule has 0 fully saturated rings. The topological polar surface area (TPSA) is 16.8 Å². The number of nitrogens with zero attached hydrogens (tertiary/aromatic N) is 2. The fraction of sp³-hybridized carbons (Fsp3) is 0.167. The number of aromatic nitrogens is 2. The molecule has 0 amide bonds. The van der Waals surface area contributed by atoms with Crippen LogP contribution in [0.25, 0.3) is 0 Å². The van der Waals surface area contributed by atoms with Gasteiger partial charge in [0.25, 0.3) is 0 Å². The third kappa shape index (κ3) is 2.80. The number of benzene rings is 1. The van der Waals surface area contributed by atoms with Gasteiger partial charge in [-0.05, 0) is 0 Å². The molecule has 0 atom stereocenters. The summed E-state index contributed by atoms with van der Waals surface area (Å²) in [4.78, 5) is 4.20. The van der Waals surface area contributed by atoms with Crippen molar-refractivity contribution < 1.29 is 4.57 Å². The van der Waals surface area contributed by atoms with Gasteiger partial charge < -0.3 is 0 Å². The van der Waals surface area contributed by atoms with Crippen LogP contribution in [0.15, 0.2) is 48.9 Å². The average molecular weight is 217 g/mol. The van der Waals surface area contributed by atoms with Crippen molar-refractivity contribution in [3.63, 3.8) is 0 Å². The lowest BCUT2D eigenvalue weighted by molar-refractivity contribution is -0.689. The molecule has 2 nitrogen and oxygen atoms in total. The van der Waals surface area contributed by atoms with Crippen molar-refractivity contribution in [2.75, 3.05) is 0 Å². The smallest absolute Gasteiger partial charge is 0.191 e. The second-order valence-electron chi connectivity index (χ2n) is 3.36. The first kappa shape index (κ1) is 10.2. The molecule has 15 heavy (non-hydrogen) atoms. The molecule has 0 saturated heterocycles. The molecule has 0 N–H and O–H groups in total. The molecule has 0 aliphatic rings. The summed E-state index contributed by atoms with van der Waals surface area (Å²) >= 11 is 4.21. The summed E-state index contributed by atoms with van der Waals surface area (Å²) in [5.41, 5.74) is 2.29. The van der Waals surface area contributed by atoms with Crippen LogP contribution >= 0.6 is 12.6 Å². The third-order valence-corrected chi connectivity index (χ3v) is 2.51. The molecule has 3 heteroatoms. The highest BCUT2D eigenvalue weighted by atomic mass is 32.1. The minimum Gasteiger partial charge on any atom is -0.248 e. The predicted molar refractivity (Wildman–Crippen MR) is 62.7 cm³/mol. The number of hydrogen-bond acceptors (Lipinski definition) is 2. The van der Waals surface area contributed by atoms with E-state index in [1.165, 1.54) is 5.56 Å². The summed E-state index contributed by atoms with van der Waals surface area (Å²) in [6.07, 6.45) is 5.81. The quantitative estimate of drug-likeness (QED) is 0.613. The van der Waals surface area contributed by atoms with Crippen LogP contribution in [0.2, 0.25) is 0 Å². The molecular weight excluding hydrogens is 204 g/mol. The first-order valence-corrected chi connectivity index (χ1v) is 5.50. The maximum atomic E-state index is 4.21. The van der Waals surface area contributed by atoms with E-state index in [2.05, 4.69) is 46.4 Å². The molecule has 76 valence electrons. The standard InChI is InChI=1S/C12H12N2S/c15-10-12-9-14(7-6-13-12)8-11-4-2-1-3-5-11/h1-7,9H,8,10H2/p+1. The van der Waals surface area contributed by atoms with Crippen LogP contribution in [0.5, 0.6) is 0 Å². The first-order chi connectivity index (χ1) is 7.38. The fourth-order valence-electron chi connectivity index (χ4n) is 1.46. The average Bonchev–Trinajstić information content (AvgIpc) is 2.31. The molecular formula is C12H13N2S+. The molecule has 2 rings (SSSR count). The van der Waals surface area contributed by atoms with Gasteiger partial charge in [-0.3, -0.25) is 0 Å². The van der Waals surface area contributed by atoms with E-state index in [1.807, 2.05) is 24.7 Å². The van der Waals surface area contributed by atoms with Crippen molar-refractivity contribution in [1.29, 1.82) is 0 Å². The van der Waals surface area contributed by atoms with E-state index in [4.69, 9.17) is 0 Å². The van der Waals surface area contributed by atoms with E-state index >= 15 is 0 Å². The zero-order chi connectivity index (χ0) is 10.5.